The standard InChI is InChI=1S/C19H20ClN5O3/c1-12-10-14(13(2)21-27-4)8-9-18(12)28-11-15-16(20)6-5-7-17(15)25-19(26)24(3)22-23-25/h5-10H,11H2,1-4H3. The van der Waals surface area contributed by atoms with Crippen LogP contribution in [0.1, 0.15) is 23.6 Å². The van der Waals surface area contributed by atoms with Crippen LogP contribution in [0, 0.1) is 6.92 Å². The van der Waals surface area contributed by atoms with Crippen molar-refractivity contribution < 1.29 is 9.57 Å². The number of ether oxygens (including phenoxy) is 1. The second-order valence-electron chi connectivity index (χ2n) is 6.16. The van der Waals surface area contributed by atoms with E-state index in [0.29, 0.717) is 22.0 Å². The number of benzene rings is 2. The summed E-state index contributed by atoms with van der Waals surface area (Å²) >= 11 is 6.37. The van der Waals surface area contributed by atoms with Gasteiger partial charge in [0.05, 0.1) is 11.4 Å². The van der Waals surface area contributed by atoms with Crippen molar-refractivity contribution in [1.29, 1.82) is 0 Å². The second-order valence-corrected chi connectivity index (χ2v) is 6.57. The number of oxime groups is 1. The van der Waals surface area contributed by atoms with E-state index in [1.165, 1.54) is 18.8 Å². The zero-order chi connectivity index (χ0) is 20.3. The van der Waals surface area contributed by atoms with E-state index in [-0.39, 0.29) is 12.3 Å². The predicted molar refractivity (Wildman–Crippen MR) is 106 cm³/mol. The van der Waals surface area contributed by atoms with Crippen LogP contribution in [-0.4, -0.2) is 32.6 Å². The molecular weight excluding hydrogens is 382 g/mol. The second kappa shape index (κ2) is 8.26. The van der Waals surface area contributed by atoms with Crippen molar-refractivity contribution in [3.05, 3.63) is 68.6 Å². The third kappa shape index (κ3) is 3.91. The number of halogens is 1. The van der Waals surface area contributed by atoms with Gasteiger partial charge in [-0.15, -0.1) is 0 Å². The van der Waals surface area contributed by atoms with Gasteiger partial charge in [-0.3, -0.25) is 0 Å². The van der Waals surface area contributed by atoms with Gasteiger partial charge in [-0.05, 0) is 65.7 Å². The van der Waals surface area contributed by atoms with Gasteiger partial charge in [-0.2, -0.15) is 9.36 Å². The molecule has 146 valence electrons. The van der Waals surface area contributed by atoms with Crippen molar-refractivity contribution in [3.8, 4) is 11.4 Å². The van der Waals surface area contributed by atoms with Crippen molar-refractivity contribution in [3.63, 3.8) is 0 Å². The van der Waals surface area contributed by atoms with Crippen LogP contribution in [0.5, 0.6) is 5.75 Å². The lowest BCUT2D eigenvalue weighted by Gasteiger charge is -2.14. The molecule has 2 aromatic carbocycles. The van der Waals surface area contributed by atoms with E-state index in [2.05, 4.69) is 15.6 Å². The molecular formula is C19H20ClN5O3. The molecule has 1 aromatic heterocycles. The van der Waals surface area contributed by atoms with Gasteiger partial charge >= 0.3 is 5.69 Å². The number of aromatic nitrogens is 4. The summed E-state index contributed by atoms with van der Waals surface area (Å²) in [5.41, 5.74) is 3.46. The quantitative estimate of drug-likeness (QED) is 0.468. The van der Waals surface area contributed by atoms with E-state index in [1.807, 2.05) is 32.0 Å². The van der Waals surface area contributed by atoms with E-state index in [4.69, 9.17) is 21.2 Å². The molecule has 0 atom stereocenters. The van der Waals surface area contributed by atoms with Crippen molar-refractivity contribution in [2.24, 2.45) is 12.2 Å². The Morgan fingerprint density at radius 1 is 1.25 bits per heavy atom. The van der Waals surface area contributed by atoms with Crippen molar-refractivity contribution in [2.75, 3.05) is 7.11 Å². The largest absolute Gasteiger partial charge is 0.488 e. The topological polar surface area (TPSA) is 83.5 Å². The highest BCUT2D eigenvalue weighted by Gasteiger charge is 2.15. The Hall–Kier alpha value is -3.13. The summed E-state index contributed by atoms with van der Waals surface area (Å²) in [7, 11) is 3.05. The molecule has 1 heterocycles. The molecule has 3 aromatic rings. The van der Waals surface area contributed by atoms with Gasteiger partial charge in [0.15, 0.2) is 0 Å². The van der Waals surface area contributed by atoms with E-state index < -0.39 is 0 Å². The first-order valence-corrected chi connectivity index (χ1v) is 8.88. The zero-order valence-corrected chi connectivity index (χ0v) is 16.8. The lowest BCUT2D eigenvalue weighted by atomic mass is 10.1. The molecule has 9 heteroatoms. The van der Waals surface area contributed by atoms with Crippen LogP contribution in [0.3, 0.4) is 0 Å². The van der Waals surface area contributed by atoms with Gasteiger partial charge in [-0.25, -0.2) is 4.79 Å². The van der Waals surface area contributed by atoms with Crippen LogP contribution < -0.4 is 10.4 Å². The molecule has 0 aliphatic carbocycles. The van der Waals surface area contributed by atoms with E-state index >= 15 is 0 Å². The SMILES string of the molecule is CON=C(C)c1ccc(OCc2c(Cl)cccc2-n2nnn(C)c2=O)c(C)c1. The molecule has 0 fully saturated rings. The first-order chi connectivity index (χ1) is 13.4. The Kier molecular flexibility index (Phi) is 5.79. The molecule has 3 rings (SSSR count). The molecule has 0 aliphatic heterocycles. The third-order valence-corrected chi connectivity index (χ3v) is 4.59. The van der Waals surface area contributed by atoms with Crippen LogP contribution in [0.15, 0.2) is 46.3 Å². The smallest absolute Gasteiger partial charge is 0.368 e. The van der Waals surface area contributed by atoms with Gasteiger partial charge in [0.25, 0.3) is 0 Å². The molecule has 0 N–H and O–H groups in total. The fourth-order valence-corrected chi connectivity index (χ4v) is 2.95. The molecule has 0 spiro atoms. The van der Waals surface area contributed by atoms with Crippen LogP contribution in [0.4, 0.5) is 0 Å². The van der Waals surface area contributed by atoms with Gasteiger partial charge < -0.3 is 9.57 Å². The first kappa shape index (κ1) is 19.6. The van der Waals surface area contributed by atoms with Crippen LogP contribution in [0.25, 0.3) is 5.69 Å². The highest BCUT2D eigenvalue weighted by Crippen LogP contribution is 2.26. The van der Waals surface area contributed by atoms with Crippen LogP contribution >= 0.6 is 11.6 Å². The summed E-state index contributed by atoms with van der Waals surface area (Å²) in [6, 6.07) is 11.0. The molecule has 0 bridgehead atoms. The maximum Gasteiger partial charge on any atom is 0.368 e. The number of hydrogen-bond acceptors (Lipinski definition) is 6. The average molecular weight is 402 g/mol. The number of tetrazole rings is 1. The molecule has 8 nitrogen and oxygen atoms in total. The molecule has 0 unspecified atom stereocenters. The fourth-order valence-electron chi connectivity index (χ4n) is 2.73. The first-order valence-electron chi connectivity index (χ1n) is 8.50. The number of aryl methyl sites for hydroxylation is 2. The average Bonchev–Trinajstić information content (AvgIpc) is 3.00. The summed E-state index contributed by atoms with van der Waals surface area (Å²) in [5, 5.41) is 12.1. The third-order valence-electron chi connectivity index (χ3n) is 4.24. The van der Waals surface area contributed by atoms with Gasteiger partial charge in [0.1, 0.15) is 19.5 Å². The maximum absolute atomic E-state index is 12.2. The lowest BCUT2D eigenvalue weighted by Crippen LogP contribution is -2.23. The molecule has 0 amide bonds. The van der Waals surface area contributed by atoms with E-state index in [9.17, 15) is 4.79 Å². The van der Waals surface area contributed by atoms with E-state index in [1.54, 1.807) is 18.2 Å². The van der Waals surface area contributed by atoms with Crippen LogP contribution in [-0.2, 0) is 18.5 Å². The highest BCUT2D eigenvalue weighted by atomic mass is 35.5. The minimum Gasteiger partial charge on any atom is -0.488 e. The summed E-state index contributed by atoms with van der Waals surface area (Å²) < 4.78 is 8.33. The maximum atomic E-state index is 12.2. The molecule has 0 saturated carbocycles. The van der Waals surface area contributed by atoms with Crippen molar-refractivity contribution in [1.82, 2.24) is 19.8 Å². The Morgan fingerprint density at radius 2 is 2.04 bits per heavy atom. The lowest BCUT2D eigenvalue weighted by molar-refractivity contribution is 0.213. The minimum atomic E-state index is -0.364. The minimum absolute atomic E-state index is 0.170. The van der Waals surface area contributed by atoms with Gasteiger partial charge in [-0.1, -0.05) is 22.8 Å². The summed E-state index contributed by atoms with van der Waals surface area (Å²) in [4.78, 5) is 17.0. The highest BCUT2D eigenvalue weighted by molar-refractivity contribution is 6.31. The van der Waals surface area contributed by atoms with E-state index in [0.717, 1.165) is 21.5 Å². The normalized spacial score (nSPS) is 11.5. The number of rotatable bonds is 6. The predicted octanol–water partition coefficient (Wildman–Crippen LogP) is 2.88. The molecule has 28 heavy (non-hydrogen) atoms. The molecule has 0 saturated heterocycles. The molecule has 0 radical (unpaired) electrons. The van der Waals surface area contributed by atoms with Crippen LogP contribution in [0.2, 0.25) is 5.02 Å². The summed E-state index contributed by atoms with van der Waals surface area (Å²) in [6.07, 6.45) is 0. The Balaban J connectivity index is 1.89. The Labute approximate surface area is 166 Å². The van der Waals surface area contributed by atoms with Crippen molar-refractivity contribution in [2.45, 2.75) is 20.5 Å². The zero-order valence-electron chi connectivity index (χ0n) is 16.0. The molecule has 0 aliphatic rings. The van der Waals surface area contributed by atoms with Crippen molar-refractivity contribution >= 4 is 17.3 Å². The fraction of sp³-hybridized carbons (Fsp3) is 0.263. The summed E-state index contributed by atoms with van der Waals surface area (Å²) in [6.45, 7) is 3.98. The summed E-state index contributed by atoms with van der Waals surface area (Å²) in [5.74, 6) is 0.700. The Morgan fingerprint density at radius 3 is 2.68 bits per heavy atom. The number of nitrogens with zero attached hydrogens (tertiary/aromatic N) is 5. The van der Waals surface area contributed by atoms with Gasteiger partial charge in [0, 0.05) is 17.6 Å². The Bertz CT molecular complexity index is 1090. The monoisotopic (exact) mass is 401 g/mol. The number of hydrogen-bond donors (Lipinski definition) is 0. The van der Waals surface area contributed by atoms with Gasteiger partial charge in [0.2, 0.25) is 0 Å².